The van der Waals surface area contributed by atoms with E-state index in [2.05, 4.69) is 15.4 Å². The van der Waals surface area contributed by atoms with Crippen molar-refractivity contribution in [2.24, 2.45) is 7.05 Å². The van der Waals surface area contributed by atoms with Crippen LogP contribution in [0.2, 0.25) is 0 Å². The SMILES string of the molecule is Cc1nn(C)c2ncc(NC(=O)c3ccc(F)c(F)c3)cc12. The number of carbonyl (C=O) groups excluding carboxylic acids is 1. The number of hydrogen-bond donors (Lipinski definition) is 1. The minimum absolute atomic E-state index is 0.0295. The number of nitrogens with one attached hydrogen (secondary N) is 1. The molecule has 112 valence electrons. The molecular weight excluding hydrogens is 290 g/mol. The van der Waals surface area contributed by atoms with Crippen LogP contribution in [0.3, 0.4) is 0 Å². The number of aromatic nitrogens is 3. The van der Waals surface area contributed by atoms with Gasteiger partial charge in [-0.1, -0.05) is 0 Å². The monoisotopic (exact) mass is 302 g/mol. The molecule has 0 saturated carbocycles. The lowest BCUT2D eigenvalue weighted by Gasteiger charge is -2.05. The van der Waals surface area contributed by atoms with E-state index in [9.17, 15) is 13.6 Å². The topological polar surface area (TPSA) is 59.8 Å². The van der Waals surface area contributed by atoms with E-state index in [1.165, 1.54) is 12.3 Å². The van der Waals surface area contributed by atoms with Crippen LogP contribution in [0.15, 0.2) is 30.5 Å². The molecule has 0 aliphatic carbocycles. The fourth-order valence-corrected chi connectivity index (χ4v) is 2.22. The highest BCUT2D eigenvalue weighted by atomic mass is 19.2. The number of rotatable bonds is 2. The second kappa shape index (κ2) is 5.18. The lowest BCUT2D eigenvalue weighted by atomic mass is 10.2. The first-order valence-electron chi connectivity index (χ1n) is 6.51. The smallest absolute Gasteiger partial charge is 0.255 e. The van der Waals surface area contributed by atoms with Crippen LogP contribution in [0.1, 0.15) is 16.1 Å². The molecule has 0 aliphatic heterocycles. The molecule has 1 N–H and O–H groups in total. The Labute approximate surface area is 124 Å². The molecule has 2 aromatic heterocycles. The highest BCUT2D eigenvalue weighted by molar-refractivity contribution is 6.04. The van der Waals surface area contributed by atoms with Crippen molar-refractivity contribution in [1.29, 1.82) is 0 Å². The average Bonchev–Trinajstić information content (AvgIpc) is 2.76. The Morgan fingerprint density at radius 3 is 2.73 bits per heavy atom. The van der Waals surface area contributed by atoms with Gasteiger partial charge in [0.2, 0.25) is 0 Å². The van der Waals surface area contributed by atoms with Gasteiger partial charge >= 0.3 is 0 Å². The van der Waals surface area contributed by atoms with Crippen LogP contribution in [0.25, 0.3) is 11.0 Å². The summed E-state index contributed by atoms with van der Waals surface area (Å²) in [5.41, 5.74) is 1.97. The van der Waals surface area contributed by atoms with E-state index in [1.807, 2.05) is 6.92 Å². The number of halogens is 2. The normalized spacial score (nSPS) is 10.9. The molecule has 0 radical (unpaired) electrons. The van der Waals surface area contributed by atoms with Crippen molar-refractivity contribution in [3.63, 3.8) is 0 Å². The van der Waals surface area contributed by atoms with Crippen LogP contribution in [-0.2, 0) is 7.05 Å². The summed E-state index contributed by atoms with van der Waals surface area (Å²) in [5, 5.41) is 7.66. The van der Waals surface area contributed by atoms with Crippen molar-refractivity contribution < 1.29 is 13.6 Å². The van der Waals surface area contributed by atoms with E-state index in [-0.39, 0.29) is 5.56 Å². The van der Waals surface area contributed by atoms with Gasteiger partial charge in [0.25, 0.3) is 5.91 Å². The highest BCUT2D eigenvalue weighted by Gasteiger charge is 2.12. The van der Waals surface area contributed by atoms with Crippen molar-refractivity contribution in [3.05, 3.63) is 53.4 Å². The van der Waals surface area contributed by atoms with Gasteiger partial charge in [-0.3, -0.25) is 9.48 Å². The maximum Gasteiger partial charge on any atom is 0.255 e. The summed E-state index contributed by atoms with van der Waals surface area (Å²) >= 11 is 0. The number of fused-ring (bicyclic) bond motifs is 1. The highest BCUT2D eigenvalue weighted by Crippen LogP contribution is 2.20. The number of amides is 1. The number of hydrogen-bond acceptors (Lipinski definition) is 3. The number of aryl methyl sites for hydroxylation is 2. The van der Waals surface area contributed by atoms with Crippen molar-refractivity contribution >= 4 is 22.6 Å². The molecule has 0 aliphatic rings. The molecule has 0 saturated heterocycles. The van der Waals surface area contributed by atoms with Crippen LogP contribution >= 0.6 is 0 Å². The van der Waals surface area contributed by atoms with Crippen LogP contribution in [-0.4, -0.2) is 20.7 Å². The van der Waals surface area contributed by atoms with Gasteiger partial charge in [-0.15, -0.1) is 0 Å². The van der Waals surface area contributed by atoms with Crippen LogP contribution < -0.4 is 5.32 Å². The molecule has 1 amide bonds. The lowest BCUT2D eigenvalue weighted by Crippen LogP contribution is -2.12. The molecule has 5 nitrogen and oxygen atoms in total. The van der Waals surface area contributed by atoms with E-state index < -0.39 is 17.5 Å². The molecule has 0 unspecified atom stereocenters. The number of carbonyl (C=O) groups is 1. The first kappa shape index (κ1) is 14.1. The molecule has 0 fully saturated rings. The second-order valence-electron chi connectivity index (χ2n) is 4.89. The lowest BCUT2D eigenvalue weighted by molar-refractivity contribution is 0.102. The van der Waals surface area contributed by atoms with Gasteiger partial charge in [0, 0.05) is 18.0 Å². The van der Waals surface area contributed by atoms with Gasteiger partial charge in [0.15, 0.2) is 17.3 Å². The molecule has 0 bridgehead atoms. The maximum atomic E-state index is 13.2. The van der Waals surface area contributed by atoms with Gasteiger partial charge in [0.05, 0.1) is 17.6 Å². The molecule has 3 aromatic rings. The van der Waals surface area contributed by atoms with Gasteiger partial charge in [0.1, 0.15) is 0 Å². The minimum atomic E-state index is -1.07. The molecular formula is C15H12F2N4O. The standard InChI is InChI=1S/C15H12F2N4O/c1-8-11-6-10(7-18-14(11)21(2)20-8)19-15(22)9-3-4-12(16)13(17)5-9/h3-7H,1-2H3,(H,19,22). The van der Waals surface area contributed by atoms with Crippen molar-refractivity contribution in [3.8, 4) is 0 Å². The molecule has 1 aromatic carbocycles. The first-order valence-corrected chi connectivity index (χ1v) is 6.51. The summed E-state index contributed by atoms with van der Waals surface area (Å²) in [6.45, 7) is 1.84. The third kappa shape index (κ3) is 2.41. The fraction of sp³-hybridized carbons (Fsp3) is 0.133. The van der Waals surface area contributed by atoms with Crippen molar-refractivity contribution in [2.45, 2.75) is 6.92 Å². The molecule has 0 atom stereocenters. The van der Waals surface area contributed by atoms with Gasteiger partial charge in [-0.05, 0) is 31.2 Å². The molecule has 22 heavy (non-hydrogen) atoms. The molecule has 7 heteroatoms. The van der Waals surface area contributed by atoms with Gasteiger partial charge in [-0.25, -0.2) is 13.8 Å². The summed E-state index contributed by atoms with van der Waals surface area (Å²) in [6, 6.07) is 4.72. The van der Waals surface area contributed by atoms with Crippen LogP contribution in [0, 0.1) is 18.6 Å². The Kier molecular flexibility index (Phi) is 3.32. The molecule has 0 spiro atoms. The fourth-order valence-electron chi connectivity index (χ4n) is 2.22. The Balaban J connectivity index is 1.90. The van der Waals surface area contributed by atoms with Crippen LogP contribution in [0.4, 0.5) is 14.5 Å². The van der Waals surface area contributed by atoms with Gasteiger partial charge < -0.3 is 5.32 Å². The Morgan fingerprint density at radius 1 is 1.23 bits per heavy atom. The predicted octanol–water partition coefficient (Wildman–Crippen LogP) is 2.81. The zero-order chi connectivity index (χ0) is 15.9. The summed E-state index contributed by atoms with van der Waals surface area (Å²) in [7, 11) is 1.78. The zero-order valence-corrected chi connectivity index (χ0v) is 11.9. The first-order chi connectivity index (χ1) is 10.5. The summed E-state index contributed by atoms with van der Waals surface area (Å²) in [5.74, 6) is -2.60. The maximum absolute atomic E-state index is 13.2. The predicted molar refractivity (Wildman–Crippen MR) is 77.6 cm³/mol. The Morgan fingerprint density at radius 2 is 2.00 bits per heavy atom. The van der Waals surface area contributed by atoms with Crippen LogP contribution in [0.5, 0.6) is 0 Å². The van der Waals surface area contributed by atoms with Crippen molar-refractivity contribution in [2.75, 3.05) is 5.32 Å². The third-order valence-electron chi connectivity index (χ3n) is 3.30. The number of nitrogens with zero attached hydrogens (tertiary/aromatic N) is 3. The van der Waals surface area contributed by atoms with Crippen molar-refractivity contribution in [1.82, 2.24) is 14.8 Å². The van der Waals surface area contributed by atoms with Gasteiger partial charge in [-0.2, -0.15) is 5.10 Å². The number of anilines is 1. The number of benzene rings is 1. The zero-order valence-electron chi connectivity index (χ0n) is 11.9. The largest absolute Gasteiger partial charge is 0.321 e. The van der Waals surface area contributed by atoms with E-state index in [0.717, 1.165) is 23.2 Å². The summed E-state index contributed by atoms with van der Waals surface area (Å²) in [6.07, 6.45) is 1.49. The van der Waals surface area contributed by atoms with E-state index in [1.54, 1.807) is 17.8 Å². The summed E-state index contributed by atoms with van der Waals surface area (Å²) in [4.78, 5) is 16.3. The average molecular weight is 302 g/mol. The van der Waals surface area contributed by atoms with E-state index >= 15 is 0 Å². The number of pyridine rings is 1. The molecule has 2 heterocycles. The Bertz CT molecular complexity index is 889. The summed E-state index contributed by atoms with van der Waals surface area (Å²) < 4.78 is 27.7. The minimum Gasteiger partial charge on any atom is -0.321 e. The Hall–Kier alpha value is -2.83. The molecule has 3 rings (SSSR count). The van der Waals surface area contributed by atoms with E-state index in [4.69, 9.17) is 0 Å². The van der Waals surface area contributed by atoms with E-state index in [0.29, 0.717) is 11.3 Å². The quantitative estimate of drug-likeness (QED) is 0.792. The third-order valence-corrected chi connectivity index (χ3v) is 3.30. The second-order valence-corrected chi connectivity index (χ2v) is 4.89.